The van der Waals surface area contributed by atoms with Crippen molar-refractivity contribution in [2.45, 2.75) is 13.5 Å². The second kappa shape index (κ2) is 4.26. The molecule has 0 saturated carbocycles. The van der Waals surface area contributed by atoms with Gasteiger partial charge in [0, 0.05) is 29.4 Å². The minimum atomic E-state index is -0.346. The second-order valence-electron chi connectivity index (χ2n) is 3.44. The van der Waals surface area contributed by atoms with Gasteiger partial charge in [-0.1, -0.05) is 0 Å². The molecule has 1 heterocycles. The van der Waals surface area contributed by atoms with Crippen LogP contribution in [0.15, 0.2) is 30.6 Å². The molecule has 0 atom stereocenters. The van der Waals surface area contributed by atoms with Crippen LogP contribution in [0.1, 0.15) is 17.3 Å². The van der Waals surface area contributed by atoms with Crippen LogP contribution in [0.25, 0.3) is 11.1 Å². The van der Waals surface area contributed by atoms with Crippen molar-refractivity contribution in [3.8, 4) is 11.1 Å². The van der Waals surface area contributed by atoms with Gasteiger partial charge in [0.15, 0.2) is 0 Å². The maximum absolute atomic E-state index is 13.6. The Labute approximate surface area is 92.5 Å². The number of carbonyl (C=O) groups is 1. The smallest absolute Gasteiger partial charge is 0.150 e. The van der Waals surface area contributed by atoms with E-state index in [9.17, 15) is 9.18 Å². The van der Waals surface area contributed by atoms with E-state index < -0.39 is 0 Å². The molecule has 0 aliphatic carbocycles. The van der Waals surface area contributed by atoms with Crippen LogP contribution in [0, 0.1) is 5.82 Å². The van der Waals surface area contributed by atoms with Crippen molar-refractivity contribution in [1.29, 1.82) is 0 Å². The van der Waals surface area contributed by atoms with Crippen LogP contribution in [-0.2, 0) is 6.54 Å². The van der Waals surface area contributed by atoms with Gasteiger partial charge in [-0.3, -0.25) is 9.48 Å². The molecule has 1 aromatic carbocycles. The fourth-order valence-corrected chi connectivity index (χ4v) is 1.51. The van der Waals surface area contributed by atoms with Crippen molar-refractivity contribution in [2.24, 2.45) is 0 Å². The van der Waals surface area contributed by atoms with Gasteiger partial charge >= 0.3 is 0 Å². The number of rotatable bonds is 3. The van der Waals surface area contributed by atoms with Gasteiger partial charge in [-0.15, -0.1) is 0 Å². The van der Waals surface area contributed by atoms with Crippen molar-refractivity contribution in [2.75, 3.05) is 0 Å². The van der Waals surface area contributed by atoms with Gasteiger partial charge in [-0.2, -0.15) is 5.10 Å². The number of hydrogen-bond donors (Lipinski definition) is 0. The lowest BCUT2D eigenvalue weighted by molar-refractivity contribution is 0.112. The first-order chi connectivity index (χ1) is 7.74. The quantitative estimate of drug-likeness (QED) is 0.742. The molecular weight excluding hydrogens is 207 g/mol. The number of hydrogen-bond acceptors (Lipinski definition) is 2. The third-order valence-corrected chi connectivity index (χ3v) is 2.39. The molecule has 4 heteroatoms. The summed E-state index contributed by atoms with van der Waals surface area (Å²) in [6.45, 7) is 2.68. The third-order valence-electron chi connectivity index (χ3n) is 2.39. The Morgan fingerprint density at radius 1 is 1.50 bits per heavy atom. The van der Waals surface area contributed by atoms with E-state index in [-0.39, 0.29) is 5.82 Å². The number of aromatic nitrogens is 2. The SMILES string of the molecule is CCn1cc(-c2cc(C=O)ccc2F)cn1. The maximum atomic E-state index is 13.6. The normalized spacial score (nSPS) is 10.4. The average Bonchev–Trinajstić information content (AvgIpc) is 2.78. The molecular formula is C12H11FN2O. The summed E-state index contributed by atoms with van der Waals surface area (Å²) >= 11 is 0. The van der Waals surface area contributed by atoms with Crippen LogP contribution >= 0.6 is 0 Å². The zero-order chi connectivity index (χ0) is 11.5. The monoisotopic (exact) mass is 218 g/mol. The molecule has 82 valence electrons. The zero-order valence-corrected chi connectivity index (χ0v) is 8.85. The molecule has 0 aliphatic rings. The fourth-order valence-electron chi connectivity index (χ4n) is 1.51. The number of halogens is 1. The van der Waals surface area contributed by atoms with Crippen molar-refractivity contribution in [1.82, 2.24) is 9.78 Å². The third kappa shape index (κ3) is 1.86. The van der Waals surface area contributed by atoms with Crippen LogP contribution in [0.5, 0.6) is 0 Å². The van der Waals surface area contributed by atoms with E-state index >= 15 is 0 Å². The van der Waals surface area contributed by atoms with E-state index in [1.54, 1.807) is 17.1 Å². The lowest BCUT2D eigenvalue weighted by atomic mass is 10.1. The van der Waals surface area contributed by atoms with Crippen LogP contribution < -0.4 is 0 Å². The summed E-state index contributed by atoms with van der Waals surface area (Å²) in [5.41, 5.74) is 1.55. The van der Waals surface area contributed by atoms with Crippen LogP contribution in [0.4, 0.5) is 4.39 Å². The van der Waals surface area contributed by atoms with Gasteiger partial charge in [-0.05, 0) is 25.1 Å². The molecule has 0 spiro atoms. The van der Waals surface area contributed by atoms with Crippen LogP contribution in [0.2, 0.25) is 0 Å². The molecule has 3 nitrogen and oxygen atoms in total. The van der Waals surface area contributed by atoms with E-state index in [4.69, 9.17) is 0 Å². The van der Waals surface area contributed by atoms with Crippen LogP contribution in [-0.4, -0.2) is 16.1 Å². The summed E-state index contributed by atoms with van der Waals surface area (Å²) in [4.78, 5) is 10.6. The molecule has 1 aromatic heterocycles. The molecule has 0 unspecified atom stereocenters. The molecule has 2 aromatic rings. The Bertz CT molecular complexity index is 519. The minimum absolute atomic E-state index is 0.346. The summed E-state index contributed by atoms with van der Waals surface area (Å²) in [5.74, 6) is -0.346. The molecule has 0 fully saturated rings. The zero-order valence-electron chi connectivity index (χ0n) is 8.85. The Kier molecular flexibility index (Phi) is 2.81. The number of nitrogens with zero attached hydrogens (tertiary/aromatic N) is 2. The first-order valence-electron chi connectivity index (χ1n) is 5.02. The van der Waals surface area contributed by atoms with Crippen molar-refractivity contribution < 1.29 is 9.18 Å². The standard InChI is InChI=1S/C12H11FN2O/c1-2-15-7-10(6-14-15)11-5-9(8-16)3-4-12(11)13/h3-8H,2H2,1H3. The second-order valence-corrected chi connectivity index (χ2v) is 3.44. The fraction of sp³-hybridized carbons (Fsp3) is 0.167. The highest BCUT2D eigenvalue weighted by Gasteiger charge is 2.08. The van der Waals surface area contributed by atoms with Gasteiger partial charge in [0.2, 0.25) is 0 Å². The molecule has 0 radical (unpaired) electrons. The highest BCUT2D eigenvalue weighted by atomic mass is 19.1. The van der Waals surface area contributed by atoms with E-state index in [0.29, 0.717) is 23.0 Å². The number of carbonyl (C=O) groups excluding carboxylic acids is 1. The number of benzene rings is 1. The Balaban J connectivity index is 2.49. The van der Waals surface area contributed by atoms with E-state index in [0.717, 1.165) is 6.54 Å². The van der Waals surface area contributed by atoms with Gasteiger partial charge in [0.05, 0.1) is 6.20 Å². The first-order valence-corrected chi connectivity index (χ1v) is 5.02. The summed E-state index contributed by atoms with van der Waals surface area (Å²) in [7, 11) is 0. The lowest BCUT2D eigenvalue weighted by Gasteiger charge is -2.00. The Morgan fingerprint density at radius 3 is 2.94 bits per heavy atom. The summed E-state index contributed by atoms with van der Waals surface area (Å²) in [6.07, 6.45) is 4.05. The summed E-state index contributed by atoms with van der Waals surface area (Å²) in [6, 6.07) is 4.28. The highest BCUT2D eigenvalue weighted by molar-refractivity contribution is 5.78. The van der Waals surface area contributed by atoms with Crippen molar-refractivity contribution in [3.05, 3.63) is 42.0 Å². The number of aryl methyl sites for hydroxylation is 1. The number of aldehydes is 1. The van der Waals surface area contributed by atoms with Gasteiger partial charge in [0.25, 0.3) is 0 Å². The first kappa shape index (κ1) is 10.5. The molecule has 0 bridgehead atoms. The van der Waals surface area contributed by atoms with Crippen LogP contribution in [0.3, 0.4) is 0 Å². The van der Waals surface area contributed by atoms with Crippen molar-refractivity contribution in [3.63, 3.8) is 0 Å². The van der Waals surface area contributed by atoms with E-state index in [1.807, 2.05) is 6.92 Å². The van der Waals surface area contributed by atoms with Gasteiger partial charge < -0.3 is 0 Å². The summed E-state index contributed by atoms with van der Waals surface area (Å²) in [5, 5.41) is 4.07. The van der Waals surface area contributed by atoms with Gasteiger partial charge in [0.1, 0.15) is 12.1 Å². The molecule has 0 amide bonds. The average molecular weight is 218 g/mol. The Morgan fingerprint density at radius 2 is 2.31 bits per heavy atom. The Hall–Kier alpha value is -1.97. The molecule has 0 N–H and O–H groups in total. The summed E-state index contributed by atoms with van der Waals surface area (Å²) < 4.78 is 15.3. The minimum Gasteiger partial charge on any atom is -0.298 e. The van der Waals surface area contributed by atoms with E-state index in [2.05, 4.69) is 5.10 Å². The predicted molar refractivity (Wildman–Crippen MR) is 58.7 cm³/mol. The van der Waals surface area contributed by atoms with Gasteiger partial charge in [-0.25, -0.2) is 4.39 Å². The molecule has 2 rings (SSSR count). The topological polar surface area (TPSA) is 34.9 Å². The molecule has 0 aliphatic heterocycles. The highest BCUT2D eigenvalue weighted by Crippen LogP contribution is 2.23. The predicted octanol–water partition coefficient (Wildman–Crippen LogP) is 2.52. The van der Waals surface area contributed by atoms with E-state index in [1.165, 1.54) is 18.2 Å². The van der Waals surface area contributed by atoms with Crippen molar-refractivity contribution >= 4 is 6.29 Å². The largest absolute Gasteiger partial charge is 0.298 e. The lowest BCUT2D eigenvalue weighted by Crippen LogP contribution is -1.92. The molecule has 16 heavy (non-hydrogen) atoms. The molecule has 0 saturated heterocycles. The maximum Gasteiger partial charge on any atom is 0.150 e.